The van der Waals surface area contributed by atoms with Gasteiger partial charge in [-0.2, -0.15) is 0 Å². The third-order valence-electron chi connectivity index (χ3n) is 0.297. The van der Waals surface area contributed by atoms with Crippen LogP contribution in [0.3, 0.4) is 0 Å². The Hall–Kier alpha value is 2.59. The van der Waals surface area contributed by atoms with Crippen LogP contribution in [0.15, 0.2) is 0 Å². The summed E-state index contributed by atoms with van der Waals surface area (Å²) in [5.74, 6) is 0. The van der Waals surface area contributed by atoms with E-state index in [1.807, 2.05) is 0 Å². The van der Waals surface area contributed by atoms with Gasteiger partial charge in [-0.3, -0.25) is 4.52 Å². The zero-order valence-corrected chi connectivity index (χ0v) is 5.26. The summed E-state index contributed by atoms with van der Waals surface area (Å²) in [5, 5.41) is 0. The number of hydrogen-bond acceptors (Lipinski definition) is 2. The molecule has 0 unspecified atom stereocenters. The van der Waals surface area contributed by atoms with E-state index in [4.69, 9.17) is 9.79 Å². The summed E-state index contributed by atoms with van der Waals surface area (Å²) in [5.41, 5.74) is 0. The molecule has 5 nitrogen and oxygen atoms in total. The Morgan fingerprint density at radius 1 is 1.40 bits per heavy atom. The van der Waals surface area contributed by atoms with Crippen molar-refractivity contribution >= 4 is 83.3 Å². The Balaban J connectivity index is -0.0000000600. The normalized spacial score (nSPS) is 8.30. The molecule has 0 spiro atoms. The van der Waals surface area contributed by atoms with E-state index in [0.29, 0.717) is 0 Å². The SMILES string of the molecule is CCOP(=O)(O)O.O.[CaH2].[CaH2]. The molecule has 0 rings (SSSR count). The van der Waals surface area contributed by atoms with Crippen LogP contribution in [0.1, 0.15) is 6.92 Å². The topological polar surface area (TPSA) is 98.3 Å². The first-order chi connectivity index (χ1) is 3.06. The van der Waals surface area contributed by atoms with Gasteiger partial charge < -0.3 is 15.3 Å². The standard InChI is InChI=1S/C2H7O4P.2Ca.H2O.4H/c1-2-6-7(3,4)5;;;;;;;/h2H2,1H3,(H2,3,4,5);;;1H2;;;;. The molecule has 0 amide bonds. The average Bonchev–Trinajstić information content (AvgIpc) is 1.30. The number of phosphoric acid groups is 1. The van der Waals surface area contributed by atoms with Gasteiger partial charge in [-0.1, -0.05) is 0 Å². The van der Waals surface area contributed by atoms with Crippen LogP contribution in [0.4, 0.5) is 0 Å². The molecule has 0 bridgehead atoms. The molecule has 0 aromatic heterocycles. The summed E-state index contributed by atoms with van der Waals surface area (Å²) in [6.07, 6.45) is 0. The van der Waals surface area contributed by atoms with Crippen molar-refractivity contribution in [3.8, 4) is 0 Å². The summed E-state index contributed by atoms with van der Waals surface area (Å²) < 4.78 is 13.6. The Morgan fingerprint density at radius 3 is 1.70 bits per heavy atom. The summed E-state index contributed by atoms with van der Waals surface area (Å²) in [4.78, 5) is 15.8. The fourth-order valence-corrected chi connectivity index (χ4v) is 0.505. The second-order valence-corrected chi connectivity index (χ2v) is 2.15. The molecule has 0 atom stereocenters. The van der Waals surface area contributed by atoms with Gasteiger partial charge in [0.15, 0.2) is 0 Å². The summed E-state index contributed by atoms with van der Waals surface area (Å²) in [6, 6.07) is 0. The molecular weight excluding hydrogens is 215 g/mol. The molecule has 4 N–H and O–H groups in total. The van der Waals surface area contributed by atoms with Crippen molar-refractivity contribution in [3.63, 3.8) is 0 Å². The Kier molecular flexibility index (Phi) is 26.6. The van der Waals surface area contributed by atoms with Gasteiger partial charge in [0.1, 0.15) is 0 Å². The van der Waals surface area contributed by atoms with Crippen molar-refractivity contribution in [1.82, 2.24) is 0 Å². The average molecular weight is 228 g/mol. The van der Waals surface area contributed by atoms with Crippen LogP contribution in [-0.4, -0.2) is 97.3 Å². The van der Waals surface area contributed by atoms with Gasteiger partial charge in [0.2, 0.25) is 0 Å². The van der Waals surface area contributed by atoms with Crippen LogP contribution in [0.25, 0.3) is 0 Å². The second kappa shape index (κ2) is 11.6. The Bertz CT molecular complexity index is 91.6. The molecule has 60 valence electrons. The molecule has 10 heavy (non-hydrogen) atoms. The number of rotatable bonds is 2. The summed E-state index contributed by atoms with van der Waals surface area (Å²) >= 11 is 0. The van der Waals surface area contributed by atoms with Crippen LogP contribution in [0.5, 0.6) is 0 Å². The van der Waals surface area contributed by atoms with Crippen molar-refractivity contribution in [1.29, 1.82) is 0 Å². The summed E-state index contributed by atoms with van der Waals surface area (Å²) in [6.45, 7) is 1.56. The van der Waals surface area contributed by atoms with Crippen LogP contribution in [-0.2, 0) is 9.09 Å². The number of hydrogen-bond donors (Lipinski definition) is 2. The van der Waals surface area contributed by atoms with Crippen LogP contribution in [0, 0.1) is 0 Å². The minimum atomic E-state index is -4.17. The fraction of sp³-hybridized carbons (Fsp3) is 1.00. The third kappa shape index (κ3) is 22.4. The van der Waals surface area contributed by atoms with E-state index >= 15 is 0 Å². The predicted octanol–water partition coefficient (Wildman–Crippen LogP) is -2.54. The molecule has 0 radical (unpaired) electrons. The van der Waals surface area contributed by atoms with Crippen LogP contribution in [0.2, 0.25) is 0 Å². The van der Waals surface area contributed by atoms with Crippen molar-refractivity contribution < 1.29 is 24.4 Å². The van der Waals surface area contributed by atoms with Crippen molar-refractivity contribution in [2.45, 2.75) is 6.92 Å². The monoisotopic (exact) mass is 228 g/mol. The Morgan fingerprint density at radius 2 is 1.70 bits per heavy atom. The molecule has 0 fully saturated rings. The molecule has 0 saturated heterocycles. The van der Waals surface area contributed by atoms with Gasteiger partial charge in [-0.15, -0.1) is 0 Å². The zero-order valence-electron chi connectivity index (χ0n) is 4.37. The zero-order chi connectivity index (χ0) is 5.91. The van der Waals surface area contributed by atoms with E-state index < -0.39 is 7.82 Å². The molecule has 0 aromatic carbocycles. The van der Waals surface area contributed by atoms with E-state index in [1.165, 1.54) is 6.92 Å². The number of phosphoric ester groups is 1. The van der Waals surface area contributed by atoms with Gasteiger partial charge in [0.05, 0.1) is 6.61 Å². The molecule has 0 aliphatic rings. The van der Waals surface area contributed by atoms with E-state index in [0.717, 1.165) is 0 Å². The van der Waals surface area contributed by atoms with Crippen molar-refractivity contribution in [3.05, 3.63) is 0 Å². The van der Waals surface area contributed by atoms with E-state index in [2.05, 4.69) is 4.52 Å². The summed E-state index contributed by atoms with van der Waals surface area (Å²) in [7, 11) is -4.17. The van der Waals surface area contributed by atoms with E-state index in [9.17, 15) is 4.57 Å². The quantitative estimate of drug-likeness (QED) is 0.402. The van der Waals surface area contributed by atoms with Crippen LogP contribution < -0.4 is 0 Å². The minimum absolute atomic E-state index is 0. The predicted molar refractivity (Wildman–Crippen MR) is 44.4 cm³/mol. The molecule has 0 aliphatic heterocycles. The van der Waals surface area contributed by atoms with Gasteiger partial charge in [-0.05, 0) is 6.92 Å². The fourth-order valence-electron chi connectivity index (χ4n) is 0.168. The van der Waals surface area contributed by atoms with Crippen LogP contribution >= 0.6 is 7.82 Å². The first kappa shape index (κ1) is 22.9. The van der Waals surface area contributed by atoms with E-state index in [1.54, 1.807) is 0 Å². The van der Waals surface area contributed by atoms with Crippen molar-refractivity contribution in [2.24, 2.45) is 0 Å². The molecule has 0 aromatic rings. The third-order valence-corrected chi connectivity index (χ3v) is 0.892. The maximum absolute atomic E-state index is 9.70. The van der Waals surface area contributed by atoms with Gasteiger partial charge in [-0.25, -0.2) is 4.57 Å². The van der Waals surface area contributed by atoms with Gasteiger partial charge in [0.25, 0.3) is 0 Å². The van der Waals surface area contributed by atoms with Crippen molar-refractivity contribution in [2.75, 3.05) is 6.61 Å². The first-order valence-corrected chi connectivity index (χ1v) is 3.29. The second-order valence-electron chi connectivity index (χ2n) is 0.908. The molecule has 8 heteroatoms. The van der Waals surface area contributed by atoms with Gasteiger partial charge in [0, 0.05) is 0 Å². The Labute approximate surface area is 119 Å². The molecule has 0 saturated carbocycles. The maximum atomic E-state index is 9.70. The molecule has 0 heterocycles. The van der Waals surface area contributed by atoms with E-state index in [-0.39, 0.29) is 87.6 Å². The first-order valence-electron chi connectivity index (χ1n) is 1.76. The van der Waals surface area contributed by atoms with Gasteiger partial charge >= 0.3 is 83.3 Å². The molecule has 0 aliphatic carbocycles. The molecular formula is C2H13Ca2O5P.